The van der Waals surface area contributed by atoms with Crippen LogP contribution in [0.15, 0.2) is 35.2 Å². The fourth-order valence-electron chi connectivity index (χ4n) is 3.37. The van der Waals surface area contributed by atoms with Gasteiger partial charge < -0.3 is 14.2 Å². The van der Waals surface area contributed by atoms with Crippen LogP contribution in [0, 0.1) is 13.8 Å². The summed E-state index contributed by atoms with van der Waals surface area (Å²) in [5.41, 5.74) is 2.24. The highest BCUT2D eigenvalue weighted by Gasteiger charge is 2.39. The molecule has 1 atom stereocenters. The Morgan fingerprint density at radius 2 is 1.68 bits per heavy atom. The number of ether oxygens (including phenoxy) is 3. The zero-order valence-corrected chi connectivity index (χ0v) is 18.3. The maximum Gasteiger partial charge on any atom is 0.244 e. The van der Waals surface area contributed by atoms with Crippen LogP contribution in [0.3, 0.4) is 0 Å². The third-order valence-corrected chi connectivity index (χ3v) is 8.21. The Bertz CT molecular complexity index is 975. The average Bonchev–Trinajstić information content (AvgIpc) is 3.19. The van der Waals surface area contributed by atoms with E-state index in [1.807, 2.05) is 13.0 Å². The van der Waals surface area contributed by atoms with Crippen molar-refractivity contribution in [1.29, 1.82) is 0 Å². The summed E-state index contributed by atoms with van der Waals surface area (Å²) in [5.74, 6) is 2.69. The summed E-state index contributed by atoms with van der Waals surface area (Å²) in [6, 6.07) is 8.91. The van der Waals surface area contributed by atoms with Gasteiger partial charge in [-0.25, -0.2) is 8.42 Å². The number of methoxy groups -OCH3 is 3. The molecule has 1 heterocycles. The van der Waals surface area contributed by atoms with Gasteiger partial charge in [-0.2, -0.15) is 4.31 Å². The number of benzene rings is 2. The van der Waals surface area contributed by atoms with Crippen LogP contribution in [-0.4, -0.2) is 46.4 Å². The van der Waals surface area contributed by atoms with E-state index in [1.54, 1.807) is 68.6 Å². The van der Waals surface area contributed by atoms with E-state index in [0.717, 1.165) is 11.1 Å². The van der Waals surface area contributed by atoms with Gasteiger partial charge in [0.15, 0.2) is 0 Å². The smallest absolute Gasteiger partial charge is 0.244 e. The lowest BCUT2D eigenvalue weighted by Gasteiger charge is -2.26. The Kier molecular flexibility index (Phi) is 6.12. The van der Waals surface area contributed by atoms with Crippen LogP contribution in [0.4, 0.5) is 0 Å². The Balaban J connectivity index is 2.07. The van der Waals surface area contributed by atoms with Gasteiger partial charge in [0.1, 0.15) is 17.2 Å². The third-order valence-electron chi connectivity index (χ3n) is 4.83. The van der Waals surface area contributed by atoms with E-state index >= 15 is 0 Å². The second-order valence-electron chi connectivity index (χ2n) is 6.53. The van der Waals surface area contributed by atoms with Crippen LogP contribution in [0.25, 0.3) is 0 Å². The molecule has 0 saturated carbocycles. The monoisotopic (exact) mass is 423 g/mol. The van der Waals surface area contributed by atoms with Crippen molar-refractivity contribution in [1.82, 2.24) is 4.31 Å². The lowest BCUT2D eigenvalue weighted by Crippen LogP contribution is -2.31. The van der Waals surface area contributed by atoms with Crippen LogP contribution in [0.1, 0.15) is 22.1 Å². The number of aryl methyl sites for hydroxylation is 2. The summed E-state index contributed by atoms with van der Waals surface area (Å²) in [6.45, 7) is 4.07. The number of hydrogen-bond donors (Lipinski definition) is 0. The van der Waals surface area contributed by atoms with Crippen molar-refractivity contribution in [2.75, 3.05) is 33.6 Å². The second-order valence-corrected chi connectivity index (χ2v) is 9.58. The van der Waals surface area contributed by atoms with Gasteiger partial charge >= 0.3 is 0 Å². The molecule has 2 aromatic rings. The first-order valence-corrected chi connectivity index (χ1v) is 11.3. The zero-order valence-electron chi connectivity index (χ0n) is 16.7. The molecular formula is C20H25NO5S2. The number of thioether (sulfide) groups is 1. The van der Waals surface area contributed by atoms with Crippen molar-refractivity contribution in [3.8, 4) is 17.2 Å². The number of nitrogens with zero attached hydrogens (tertiary/aromatic N) is 1. The van der Waals surface area contributed by atoms with Gasteiger partial charge in [-0.1, -0.05) is 0 Å². The Hall–Kier alpha value is -1.90. The highest BCUT2D eigenvalue weighted by atomic mass is 32.2. The zero-order chi connectivity index (χ0) is 20.5. The van der Waals surface area contributed by atoms with Crippen molar-refractivity contribution in [2.45, 2.75) is 24.1 Å². The lowest BCUT2D eigenvalue weighted by molar-refractivity contribution is 0.382. The van der Waals surface area contributed by atoms with Crippen LogP contribution >= 0.6 is 11.8 Å². The fraction of sp³-hybridized carbons (Fsp3) is 0.400. The molecule has 6 nitrogen and oxygen atoms in total. The van der Waals surface area contributed by atoms with Crippen LogP contribution < -0.4 is 14.2 Å². The SMILES string of the molecule is COc1ccc(OC)c(C2SCCN2S(=O)(=O)c2cc(C)c(OC)cc2C)c1. The molecule has 0 radical (unpaired) electrons. The summed E-state index contributed by atoms with van der Waals surface area (Å²) in [5, 5.41) is -0.378. The molecule has 2 aromatic carbocycles. The van der Waals surface area contributed by atoms with Crippen LogP contribution in [0.5, 0.6) is 17.2 Å². The minimum absolute atomic E-state index is 0.306. The van der Waals surface area contributed by atoms with E-state index in [-0.39, 0.29) is 5.37 Å². The normalized spacial score (nSPS) is 17.5. The van der Waals surface area contributed by atoms with Crippen LogP contribution in [0.2, 0.25) is 0 Å². The van der Waals surface area contributed by atoms with Gasteiger partial charge in [0.2, 0.25) is 10.0 Å². The minimum atomic E-state index is -3.70. The largest absolute Gasteiger partial charge is 0.497 e. The standard InChI is InChI=1S/C20H25NO5S2/c1-13-11-19(14(2)10-18(13)26-5)28(22,23)21-8-9-27-20(21)16-12-15(24-3)6-7-17(16)25-4/h6-7,10-12,20H,8-9H2,1-5H3. The second kappa shape index (κ2) is 8.23. The average molecular weight is 424 g/mol. The summed E-state index contributed by atoms with van der Waals surface area (Å²) in [6.07, 6.45) is 0. The molecule has 8 heteroatoms. The van der Waals surface area contributed by atoms with E-state index in [0.29, 0.717) is 40.0 Å². The Morgan fingerprint density at radius 1 is 0.964 bits per heavy atom. The topological polar surface area (TPSA) is 65.1 Å². The van der Waals surface area contributed by atoms with Crippen molar-refractivity contribution in [3.05, 3.63) is 47.0 Å². The number of rotatable bonds is 6. The van der Waals surface area contributed by atoms with Crippen molar-refractivity contribution in [3.63, 3.8) is 0 Å². The molecule has 1 aliphatic heterocycles. The molecule has 0 amide bonds. The molecule has 0 bridgehead atoms. The van der Waals surface area contributed by atoms with E-state index in [9.17, 15) is 8.42 Å². The summed E-state index contributed by atoms with van der Waals surface area (Å²) in [7, 11) is 1.06. The van der Waals surface area contributed by atoms with E-state index in [1.165, 1.54) is 0 Å². The summed E-state index contributed by atoms with van der Waals surface area (Å²) < 4.78 is 44.8. The van der Waals surface area contributed by atoms with Crippen molar-refractivity contribution >= 4 is 21.8 Å². The maximum absolute atomic E-state index is 13.5. The number of hydrogen-bond acceptors (Lipinski definition) is 6. The van der Waals surface area contributed by atoms with E-state index < -0.39 is 10.0 Å². The quantitative estimate of drug-likeness (QED) is 0.705. The molecule has 0 aliphatic carbocycles. The summed E-state index contributed by atoms with van der Waals surface area (Å²) >= 11 is 1.58. The van der Waals surface area contributed by atoms with Gasteiger partial charge in [0, 0.05) is 17.9 Å². The van der Waals surface area contributed by atoms with Gasteiger partial charge in [-0.15, -0.1) is 11.8 Å². The highest BCUT2D eigenvalue weighted by Crippen LogP contribution is 2.46. The predicted molar refractivity (Wildman–Crippen MR) is 111 cm³/mol. The van der Waals surface area contributed by atoms with E-state index in [4.69, 9.17) is 14.2 Å². The molecule has 0 N–H and O–H groups in total. The van der Waals surface area contributed by atoms with Gasteiger partial charge in [0.25, 0.3) is 0 Å². The van der Waals surface area contributed by atoms with E-state index in [2.05, 4.69) is 0 Å². The Morgan fingerprint density at radius 3 is 2.32 bits per heavy atom. The van der Waals surface area contributed by atoms with Crippen molar-refractivity contribution in [2.24, 2.45) is 0 Å². The van der Waals surface area contributed by atoms with Gasteiger partial charge in [-0.3, -0.25) is 0 Å². The lowest BCUT2D eigenvalue weighted by atomic mass is 10.1. The van der Waals surface area contributed by atoms with Crippen LogP contribution in [-0.2, 0) is 10.0 Å². The molecular weight excluding hydrogens is 398 g/mol. The molecule has 0 spiro atoms. The first-order chi connectivity index (χ1) is 13.3. The molecule has 0 aromatic heterocycles. The number of sulfonamides is 1. The van der Waals surface area contributed by atoms with Gasteiger partial charge in [0.05, 0.1) is 31.6 Å². The first kappa shape index (κ1) is 20.8. The summed E-state index contributed by atoms with van der Waals surface area (Å²) in [4.78, 5) is 0.306. The molecule has 1 aliphatic rings. The third kappa shape index (κ3) is 3.68. The van der Waals surface area contributed by atoms with Crippen molar-refractivity contribution < 1.29 is 22.6 Å². The molecule has 1 fully saturated rings. The molecule has 28 heavy (non-hydrogen) atoms. The minimum Gasteiger partial charge on any atom is -0.497 e. The van der Waals surface area contributed by atoms with Gasteiger partial charge in [-0.05, 0) is 55.3 Å². The fourth-order valence-corrected chi connectivity index (χ4v) is 6.91. The molecule has 3 rings (SSSR count). The molecule has 1 unspecified atom stereocenters. The first-order valence-electron chi connectivity index (χ1n) is 8.84. The maximum atomic E-state index is 13.5. The highest BCUT2D eigenvalue weighted by molar-refractivity contribution is 8.01. The molecule has 1 saturated heterocycles. The predicted octanol–water partition coefficient (Wildman–Crippen LogP) is 3.77. The Labute approximate surface area is 170 Å². The molecule has 152 valence electrons.